The number of nitrogens with zero attached hydrogens (tertiary/aromatic N) is 6. The van der Waals surface area contributed by atoms with Crippen molar-refractivity contribution in [2.45, 2.75) is 25.9 Å². The third-order valence-corrected chi connectivity index (χ3v) is 6.19. The summed E-state index contributed by atoms with van der Waals surface area (Å²) in [5.41, 5.74) is 3.88. The molecule has 0 radical (unpaired) electrons. The van der Waals surface area contributed by atoms with Crippen LogP contribution in [0.15, 0.2) is 48.7 Å². The number of aromatic nitrogens is 5. The summed E-state index contributed by atoms with van der Waals surface area (Å²) in [6.45, 7) is 8.97. The number of hydrogen-bond acceptors (Lipinski definition) is 8. The summed E-state index contributed by atoms with van der Waals surface area (Å²) in [5, 5.41) is 12.1. The van der Waals surface area contributed by atoms with Crippen LogP contribution >= 0.6 is 0 Å². The summed E-state index contributed by atoms with van der Waals surface area (Å²) in [5.74, 6) is 0.397. The molecule has 0 spiro atoms. The molecule has 9 nitrogen and oxygen atoms in total. The van der Waals surface area contributed by atoms with E-state index in [0.717, 1.165) is 60.7 Å². The van der Waals surface area contributed by atoms with Gasteiger partial charge < -0.3 is 14.8 Å². The van der Waals surface area contributed by atoms with Crippen molar-refractivity contribution in [1.82, 2.24) is 29.9 Å². The third-order valence-electron chi connectivity index (χ3n) is 6.19. The van der Waals surface area contributed by atoms with Gasteiger partial charge in [0.2, 0.25) is 5.95 Å². The molecule has 2 aromatic carbocycles. The fraction of sp³-hybridized carbons (Fsp3) is 0.385. The van der Waals surface area contributed by atoms with Gasteiger partial charge in [0, 0.05) is 36.9 Å². The zero-order valence-electron chi connectivity index (χ0n) is 20.7. The molecule has 0 unspecified atom stereocenters. The Balaban J connectivity index is 1.32. The maximum atomic E-state index is 14.1. The molecule has 1 fully saturated rings. The van der Waals surface area contributed by atoms with E-state index in [1.807, 2.05) is 30.3 Å². The predicted molar refractivity (Wildman–Crippen MR) is 136 cm³/mol. The van der Waals surface area contributed by atoms with Crippen molar-refractivity contribution in [2.75, 3.05) is 45.3 Å². The molecular formula is C26H30FN7O2. The van der Waals surface area contributed by atoms with E-state index < -0.39 is 5.82 Å². The first-order chi connectivity index (χ1) is 17.4. The van der Waals surface area contributed by atoms with Crippen LogP contribution in [0.5, 0.6) is 5.75 Å². The lowest BCUT2D eigenvalue weighted by Crippen LogP contribution is -2.48. The molecule has 1 N–H and O–H groups in total. The molecule has 4 aromatic rings. The van der Waals surface area contributed by atoms with Crippen LogP contribution in [-0.4, -0.2) is 75.4 Å². The highest BCUT2D eigenvalue weighted by atomic mass is 19.1. The van der Waals surface area contributed by atoms with Gasteiger partial charge in [-0.05, 0) is 49.7 Å². The molecule has 188 valence electrons. The smallest absolute Gasteiger partial charge is 0.223 e. The second-order valence-corrected chi connectivity index (χ2v) is 9.58. The van der Waals surface area contributed by atoms with E-state index in [1.165, 1.54) is 13.2 Å². The number of rotatable bonds is 8. The monoisotopic (exact) mass is 491 g/mol. The van der Waals surface area contributed by atoms with Gasteiger partial charge in [0.05, 0.1) is 38.1 Å². The first-order valence-electron chi connectivity index (χ1n) is 12.0. The number of nitrogens with one attached hydrogen (secondary N) is 1. The Bertz CT molecular complexity index is 1350. The van der Waals surface area contributed by atoms with Crippen molar-refractivity contribution in [3.8, 4) is 17.0 Å². The van der Waals surface area contributed by atoms with Crippen LogP contribution in [0.1, 0.15) is 19.4 Å². The lowest BCUT2D eigenvalue weighted by Gasteiger charge is -2.35. The summed E-state index contributed by atoms with van der Waals surface area (Å²) in [7, 11) is 1.45. The van der Waals surface area contributed by atoms with Gasteiger partial charge in [0.1, 0.15) is 5.52 Å². The van der Waals surface area contributed by atoms with Crippen LogP contribution in [0.25, 0.3) is 22.3 Å². The molecule has 10 heteroatoms. The van der Waals surface area contributed by atoms with Crippen molar-refractivity contribution in [3.05, 3.63) is 60.0 Å². The van der Waals surface area contributed by atoms with Crippen LogP contribution < -0.4 is 10.1 Å². The standard InChI is InChI=1S/C26H30FN7O2/c1-26(2,17-33-10-12-36-13-11-33)30-25-28-9-8-21(29-25)19-5-6-23-22(15-19)31-32-34(23)16-18-4-7-24(35-3)20(27)14-18/h4-9,14-15H,10-13,16-17H2,1-3H3,(H,28,29,30). The number of hydrogen-bond donors (Lipinski definition) is 1. The minimum Gasteiger partial charge on any atom is -0.494 e. The molecule has 0 amide bonds. The van der Waals surface area contributed by atoms with Crippen molar-refractivity contribution in [1.29, 1.82) is 0 Å². The van der Waals surface area contributed by atoms with E-state index in [9.17, 15) is 4.39 Å². The molecule has 1 saturated heterocycles. The Morgan fingerprint density at radius 3 is 2.72 bits per heavy atom. The average molecular weight is 492 g/mol. The number of fused-ring (bicyclic) bond motifs is 1. The average Bonchev–Trinajstić information content (AvgIpc) is 3.26. The first kappa shape index (κ1) is 24.1. The SMILES string of the molecule is COc1ccc(Cn2nnc3cc(-c4ccnc(NC(C)(C)CN5CCOCC5)n4)ccc32)cc1F. The maximum absolute atomic E-state index is 14.1. The molecule has 1 aliphatic heterocycles. The van der Waals surface area contributed by atoms with E-state index >= 15 is 0 Å². The van der Waals surface area contributed by atoms with Gasteiger partial charge in [-0.2, -0.15) is 0 Å². The van der Waals surface area contributed by atoms with E-state index in [4.69, 9.17) is 14.5 Å². The number of anilines is 1. The van der Waals surface area contributed by atoms with Gasteiger partial charge >= 0.3 is 0 Å². The van der Waals surface area contributed by atoms with Crippen molar-refractivity contribution in [2.24, 2.45) is 0 Å². The van der Waals surface area contributed by atoms with E-state index in [-0.39, 0.29) is 11.3 Å². The fourth-order valence-corrected chi connectivity index (χ4v) is 4.47. The van der Waals surface area contributed by atoms with Crippen LogP contribution in [0.2, 0.25) is 0 Å². The van der Waals surface area contributed by atoms with Gasteiger partial charge in [0.15, 0.2) is 11.6 Å². The number of morpholine rings is 1. The molecule has 3 heterocycles. The first-order valence-corrected chi connectivity index (χ1v) is 12.0. The number of ether oxygens (including phenoxy) is 2. The normalized spacial score (nSPS) is 14.8. The minimum absolute atomic E-state index is 0.205. The minimum atomic E-state index is -0.400. The van der Waals surface area contributed by atoms with Gasteiger partial charge in [-0.3, -0.25) is 4.90 Å². The molecule has 1 aliphatic rings. The molecule has 2 aromatic heterocycles. The Hall–Kier alpha value is -3.63. The van der Waals surface area contributed by atoms with Crippen LogP contribution in [0.4, 0.5) is 10.3 Å². The summed E-state index contributed by atoms with van der Waals surface area (Å²) in [6, 6.07) is 12.7. The molecule has 0 bridgehead atoms. The fourth-order valence-electron chi connectivity index (χ4n) is 4.47. The van der Waals surface area contributed by atoms with Gasteiger partial charge in [-0.25, -0.2) is 19.0 Å². The Kier molecular flexibility index (Phi) is 6.80. The molecule has 0 aliphatic carbocycles. The van der Waals surface area contributed by atoms with Gasteiger partial charge in [-0.15, -0.1) is 5.10 Å². The number of methoxy groups -OCH3 is 1. The highest BCUT2D eigenvalue weighted by molar-refractivity contribution is 5.80. The topological polar surface area (TPSA) is 90.2 Å². The molecular weight excluding hydrogens is 461 g/mol. The summed E-state index contributed by atoms with van der Waals surface area (Å²) in [6.07, 6.45) is 1.76. The van der Waals surface area contributed by atoms with Crippen molar-refractivity contribution in [3.63, 3.8) is 0 Å². The summed E-state index contributed by atoms with van der Waals surface area (Å²) < 4.78 is 26.3. The zero-order chi connectivity index (χ0) is 25.1. The molecule has 36 heavy (non-hydrogen) atoms. The summed E-state index contributed by atoms with van der Waals surface area (Å²) >= 11 is 0. The van der Waals surface area contributed by atoms with Crippen molar-refractivity contribution < 1.29 is 13.9 Å². The quantitative estimate of drug-likeness (QED) is 0.400. The van der Waals surface area contributed by atoms with E-state index in [2.05, 4.69) is 39.4 Å². The summed E-state index contributed by atoms with van der Waals surface area (Å²) in [4.78, 5) is 11.6. The second-order valence-electron chi connectivity index (χ2n) is 9.58. The maximum Gasteiger partial charge on any atom is 0.223 e. The zero-order valence-corrected chi connectivity index (χ0v) is 20.7. The predicted octanol–water partition coefficient (Wildman–Crippen LogP) is 3.61. The molecule has 0 atom stereocenters. The highest BCUT2D eigenvalue weighted by Gasteiger charge is 2.24. The lowest BCUT2D eigenvalue weighted by molar-refractivity contribution is 0.0316. The Morgan fingerprint density at radius 2 is 1.94 bits per heavy atom. The Labute approximate surface area is 209 Å². The Morgan fingerprint density at radius 1 is 1.11 bits per heavy atom. The van der Waals surface area contributed by atoms with Crippen molar-refractivity contribution >= 4 is 17.0 Å². The van der Waals surface area contributed by atoms with E-state index in [1.54, 1.807) is 16.9 Å². The van der Waals surface area contributed by atoms with Crippen LogP contribution in [0.3, 0.4) is 0 Å². The highest BCUT2D eigenvalue weighted by Crippen LogP contribution is 2.24. The largest absolute Gasteiger partial charge is 0.494 e. The van der Waals surface area contributed by atoms with E-state index in [0.29, 0.717) is 12.5 Å². The number of halogens is 1. The van der Waals surface area contributed by atoms with Crippen LogP contribution in [-0.2, 0) is 11.3 Å². The molecule has 0 saturated carbocycles. The second kappa shape index (κ2) is 10.2. The number of benzene rings is 2. The third kappa shape index (κ3) is 5.44. The van der Waals surface area contributed by atoms with Crippen LogP contribution in [0, 0.1) is 5.82 Å². The lowest BCUT2D eigenvalue weighted by atomic mass is 10.0. The van der Waals surface area contributed by atoms with Gasteiger partial charge in [0.25, 0.3) is 0 Å². The molecule has 5 rings (SSSR count). The van der Waals surface area contributed by atoms with Gasteiger partial charge in [-0.1, -0.05) is 17.3 Å².